The minimum atomic E-state index is -2.67. The highest BCUT2D eigenvalue weighted by molar-refractivity contribution is 8.01. The van der Waals surface area contributed by atoms with E-state index in [0.29, 0.717) is 0 Å². The second kappa shape index (κ2) is 13.6. The second-order valence-electron chi connectivity index (χ2n) is 15.6. The van der Waals surface area contributed by atoms with Gasteiger partial charge in [-0.25, -0.2) is 0 Å². The highest BCUT2D eigenvalue weighted by Crippen LogP contribution is 2.57. The van der Waals surface area contributed by atoms with Crippen LogP contribution in [0.25, 0.3) is 11.1 Å². The molecule has 0 atom stereocenters. The Morgan fingerprint density at radius 1 is 0.322 bits per heavy atom. The van der Waals surface area contributed by atoms with E-state index < -0.39 is 13.5 Å². The van der Waals surface area contributed by atoms with Crippen molar-refractivity contribution in [3.63, 3.8) is 0 Å². The van der Waals surface area contributed by atoms with Crippen molar-refractivity contribution in [3.05, 3.63) is 247 Å². The van der Waals surface area contributed by atoms with E-state index >= 15 is 0 Å². The van der Waals surface area contributed by atoms with Crippen molar-refractivity contribution in [2.24, 2.45) is 0 Å². The second-order valence-corrected chi connectivity index (χ2v) is 21.4. The number of para-hydroxylation sites is 1. The molecule has 0 radical (unpaired) electrons. The van der Waals surface area contributed by atoms with Crippen LogP contribution < -0.4 is 25.6 Å². The third kappa shape index (κ3) is 5.01. The molecule has 0 saturated carbocycles. The first-order valence-electron chi connectivity index (χ1n) is 20.3. The van der Waals surface area contributed by atoms with Crippen molar-refractivity contribution in [2.45, 2.75) is 25.0 Å². The van der Waals surface area contributed by atoms with E-state index in [1.165, 1.54) is 73.7 Å². The Morgan fingerprint density at radius 3 is 1.37 bits per heavy atom. The maximum atomic E-state index is 2.49. The van der Waals surface area contributed by atoms with Gasteiger partial charge >= 0.3 is 0 Å². The lowest BCUT2D eigenvalue weighted by Gasteiger charge is -2.44. The predicted octanol–water partition coefficient (Wildman–Crippen LogP) is 11.8. The molecule has 9 aromatic carbocycles. The van der Waals surface area contributed by atoms with E-state index in [2.05, 4.69) is 229 Å². The Kier molecular flexibility index (Phi) is 8.03. The van der Waals surface area contributed by atoms with Gasteiger partial charge in [0, 0.05) is 36.6 Å². The molecule has 0 amide bonds. The summed E-state index contributed by atoms with van der Waals surface area (Å²) in [7, 11) is -2.67. The van der Waals surface area contributed by atoms with Crippen molar-refractivity contribution < 1.29 is 0 Å². The first kappa shape index (κ1) is 34.7. The summed E-state index contributed by atoms with van der Waals surface area (Å²) in [5.41, 5.74) is 10.7. The molecule has 12 rings (SSSR count). The topological polar surface area (TPSA) is 3.24 Å². The molecule has 1 aliphatic carbocycles. The van der Waals surface area contributed by atoms with Gasteiger partial charge in [0.25, 0.3) is 0 Å². The lowest BCUT2D eigenvalue weighted by Crippen LogP contribution is -2.78. The van der Waals surface area contributed by atoms with E-state index in [4.69, 9.17) is 0 Å². The van der Waals surface area contributed by atoms with Crippen LogP contribution in [-0.4, -0.2) is 8.07 Å². The summed E-state index contributed by atoms with van der Waals surface area (Å²) in [5, 5.41) is 5.93. The summed E-state index contributed by atoms with van der Waals surface area (Å²) >= 11 is 3.85. The molecule has 4 heteroatoms. The third-order valence-corrected chi connectivity index (χ3v) is 20.6. The van der Waals surface area contributed by atoms with Gasteiger partial charge in [0.15, 0.2) is 8.07 Å². The standard InChI is InChI=1S/C55H37NS2Si/c1-4-18-38(19-5-1)55(39-20-6-2-7-21-39)45-25-11-10-24-43(45)44-34-32-41(36-46(44)55)56(40-22-8-3-9-23-40)42-33-35-54-50(37-42)58-49-28-14-17-31-53(49)59(54)51-29-15-12-26-47(51)57-48-27-13-16-30-52(48)59/h1-37H. The largest absolute Gasteiger partial charge is 0.310 e. The molecule has 9 aromatic rings. The van der Waals surface area contributed by atoms with Gasteiger partial charge in [0.05, 0.1) is 5.41 Å². The van der Waals surface area contributed by atoms with Gasteiger partial charge in [0.1, 0.15) is 0 Å². The fraction of sp³-hybridized carbons (Fsp3) is 0.0182. The van der Waals surface area contributed by atoms with Crippen LogP contribution in [0.5, 0.6) is 0 Å². The van der Waals surface area contributed by atoms with Crippen LogP contribution in [0, 0.1) is 0 Å². The Bertz CT molecular complexity index is 2970. The van der Waals surface area contributed by atoms with Gasteiger partial charge in [-0.15, -0.1) is 0 Å². The molecule has 3 aliphatic rings. The highest BCUT2D eigenvalue weighted by atomic mass is 32.2. The molecule has 0 saturated heterocycles. The van der Waals surface area contributed by atoms with Gasteiger partial charge in [-0.1, -0.05) is 193 Å². The van der Waals surface area contributed by atoms with Gasteiger partial charge in [-0.3, -0.25) is 0 Å². The van der Waals surface area contributed by atoms with Gasteiger partial charge in [-0.2, -0.15) is 0 Å². The minimum absolute atomic E-state index is 0.486. The average molecular weight is 804 g/mol. The number of rotatable bonds is 5. The minimum Gasteiger partial charge on any atom is -0.310 e. The molecule has 1 nitrogen and oxygen atoms in total. The molecule has 1 spiro atoms. The Balaban J connectivity index is 1.10. The number of anilines is 3. The number of hydrogen-bond acceptors (Lipinski definition) is 3. The molecular weight excluding hydrogens is 767 g/mol. The van der Waals surface area contributed by atoms with E-state index in [9.17, 15) is 0 Å². The molecule has 0 N–H and O–H groups in total. The van der Waals surface area contributed by atoms with Crippen LogP contribution in [0.1, 0.15) is 22.3 Å². The van der Waals surface area contributed by atoms with E-state index in [-0.39, 0.29) is 0 Å². The molecule has 0 aromatic heterocycles. The van der Waals surface area contributed by atoms with Crippen molar-refractivity contribution in [1.29, 1.82) is 0 Å². The zero-order valence-electron chi connectivity index (χ0n) is 32.1. The molecular formula is C55H37NS2Si. The lowest BCUT2D eigenvalue weighted by molar-refractivity contribution is 0.768. The first-order chi connectivity index (χ1) is 29.3. The number of nitrogens with zero attached hydrogens (tertiary/aromatic N) is 1. The summed E-state index contributed by atoms with van der Waals surface area (Å²) in [6, 6.07) is 84.3. The average Bonchev–Trinajstić information content (AvgIpc) is 3.60. The van der Waals surface area contributed by atoms with Crippen molar-refractivity contribution in [2.75, 3.05) is 4.90 Å². The maximum Gasteiger partial charge on any atom is 0.184 e. The fourth-order valence-electron chi connectivity index (χ4n) is 10.3. The quantitative estimate of drug-likeness (QED) is 0.160. The van der Waals surface area contributed by atoms with Crippen molar-refractivity contribution >= 4 is 69.4 Å². The smallest absolute Gasteiger partial charge is 0.184 e. The lowest BCUT2D eigenvalue weighted by atomic mass is 9.67. The van der Waals surface area contributed by atoms with Gasteiger partial charge in [-0.05, 0) is 109 Å². The Morgan fingerprint density at radius 2 is 0.763 bits per heavy atom. The van der Waals surface area contributed by atoms with Gasteiger partial charge in [0.2, 0.25) is 0 Å². The van der Waals surface area contributed by atoms with Crippen LogP contribution in [-0.2, 0) is 5.41 Å². The predicted molar refractivity (Wildman–Crippen MR) is 250 cm³/mol. The summed E-state index contributed by atoms with van der Waals surface area (Å²) in [6.07, 6.45) is 0. The molecule has 0 unspecified atom stereocenters. The fourth-order valence-corrected chi connectivity index (χ4v) is 19.5. The first-order valence-corrected chi connectivity index (χ1v) is 23.9. The monoisotopic (exact) mass is 803 g/mol. The SMILES string of the molecule is c1ccc(N(c2ccc3c(c2)Sc2ccccc2[Si]32c3ccccc3Sc3ccccc32)c2ccc3c(c2)C(c2ccccc2)(c2ccccc2)c2ccccc2-3)cc1. The molecule has 0 bridgehead atoms. The van der Waals surface area contributed by atoms with Crippen molar-refractivity contribution in [1.82, 2.24) is 0 Å². The van der Waals surface area contributed by atoms with Crippen LogP contribution >= 0.6 is 23.5 Å². The summed E-state index contributed by atoms with van der Waals surface area (Å²) in [4.78, 5) is 7.91. The van der Waals surface area contributed by atoms with E-state index in [1.807, 2.05) is 23.5 Å². The van der Waals surface area contributed by atoms with Crippen LogP contribution in [0.15, 0.2) is 244 Å². The van der Waals surface area contributed by atoms with E-state index in [1.54, 1.807) is 0 Å². The van der Waals surface area contributed by atoms with Crippen molar-refractivity contribution in [3.8, 4) is 11.1 Å². The zero-order valence-corrected chi connectivity index (χ0v) is 34.8. The zero-order chi connectivity index (χ0) is 39.0. The summed E-state index contributed by atoms with van der Waals surface area (Å²) < 4.78 is 0. The normalized spacial score (nSPS) is 14.6. The molecule has 0 fully saturated rings. The molecule has 278 valence electrons. The number of benzene rings is 9. The van der Waals surface area contributed by atoms with Crippen LogP contribution in [0.4, 0.5) is 17.1 Å². The molecule has 2 aliphatic heterocycles. The molecule has 2 heterocycles. The Hall–Kier alpha value is -6.30. The maximum absolute atomic E-state index is 2.67. The molecule has 59 heavy (non-hydrogen) atoms. The van der Waals surface area contributed by atoms with Gasteiger partial charge < -0.3 is 4.90 Å². The number of hydrogen-bond donors (Lipinski definition) is 0. The highest BCUT2D eigenvalue weighted by Gasteiger charge is 2.51. The van der Waals surface area contributed by atoms with Crippen LogP contribution in [0.2, 0.25) is 0 Å². The summed E-state index contributed by atoms with van der Waals surface area (Å²) in [6.45, 7) is 0. The van der Waals surface area contributed by atoms with E-state index in [0.717, 1.165) is 17.1 Å². The summed E-state index contributed by atoms with van der Waals surface area (Å²) in [5.74, 6) is 0. The number of fused-ring (bicyclic) bond motifs is 11. The van der Waals surface area contributed by atoms with Crippen LogP contribution in [0.3, 0.4) is 0 Å². The Labute approximate surface area is 355 Å². The third-order valence-electron chi connectivity index (χ3n) is 12.7.